The van der Waals surface area contributed by atoms with E-state index in [2.05, 4.69) is 33.5 Å². The molecule has 35 heavy (non-hydrogen) atoms. The van der Waals surface area contributed by atoms with Crippen molar-refractivity contribution < 1.29 is 24.2 Å². The van der Waals surface area contributed by atoms with E-state index in [4.69, 9.17) is 4.74 Å². The molecule has 1 aromatic carbocycles. The molecule has 1 spiro atoms. The molecule has 4 rings (SSSR count). The molecule has 3 saturated heterocycles. The second-order valence-electron chi connectivity index (χ2n) is 9.81. The van der Waals surface area contributed by atoms with Gasteiger partial charge in [0.25, 0.3) is 0 Å². The van der Waals surface area contributed by atoms with E-state index in [1.165, 1.54) is 4.90 Å². The first-order valence-electron chi connectivity index (χ1n) is 12.8. The summed E-state index contributed by atoms with van der Waals surface area (Å²) in [4.78, 5) is 42.4. The Balaban J connectivity index is 1.73. The summed E-state index contributed by atoms with van der Waals surface area (Å²) < 4.78 is 6.49. The average molecular weight is 550 g/mol. The minimum Gasteiger partial charge on any atom is -0.394 e. The Bertz CT molecular complexity index is 931. The van der Waals surface area contributed by atoms with E-state index in [1.54, 1.807) is 0 Å². The molecule has 8 nitrogen and oxygen atoms in total. The highest BCUT2D eigenvalue weighted by molar-refractivity contribution is 9.09. The number of alkyl halides is 1. The van der Waals surface area contributed by atoms with Crippen LogP contribution in [-0.2, 0) is 19.1 Å². The van der Waals surface area contributed by atoms with Crippen LogP contribution in [0.3, 0.4) is 0 Å². The molecule has 3 N–H and O–H groups in total. The molecule has 9 heteroatoms. The third-order valence-electron chi connectivity index (χ3n) is 7.60. The molecule has 3 unspecified atom stereocenters. The maximum atomic E-state index is 14.1. The molecule has 3 aliphatic rings. The average Bonchev–Trinajstić information content (AvgIpc) is 3.45. The number of carbonyl (C=O) groups excluding carboxylic acids is 3. The van der Waals surface area contributed by atoms with Crippen molar-refractivity contribution in [3.63, 3.8) is 0 Å². The Kier molecular flexibility index (Phi) is 8.18. The van der Waals surface area contributed by atoms with E-state index in [0.29, 0.717) is 19.5 Å². The van der Waals surface area contributed by atoms with Crippen LogP contribution in [0.2, 0.25) is 0 Å². The van der Waals surface area contributed by atoms with Gasteiger partial charge in [0, 0.05) is 17.9 Å². The first kappa shape index (κ1) is 26.1. The molecule has 0 aromatic heterocycles. The number of carbonyl (C=O) groups is 3. The van der Waals surface area contributed by atoms with Crippen molar-refractivity contribution in [2.24, 2.45) is 11.8 Å². The zero-order valence-corrected chi connectivity index (χ0v) is 22.0. The number of hydrogen-bond donors (Lipinski definition) is 3. The van der Waals surface area contributed by atoms with Gasteiger partial charge in [-0.1, -0.05) is 73.0 Å². The van der Waals surface area contributed by atoms with Gasteiger partial charge in [-0.3, -0.25) is 14.4 Å². The number of rotatable bonds is 11. The molecule has 2 bridgehead atoms. The maximum Gasteiger partial charge on any atom is 0.245 e. The fraction of sp³-hybridized carbons (Fsp3) is 0.654. The third kappa shape index (κ3) is 4.51. The fourth-order valence-electron chi connectivity index (χ4n) is 6.08. The highest BCUT2D eigenvalue weighted by Crippen LogP contribution is 2.61. The standard InChI is InChI=1S/C26H36BrN3O5/c1-3-5-9-13-29-24(33)22-26-14-17(27)21(35-26)19(23(32)28-12-4-2)20(26)25(34)30(22)18(15-31)16-10-7-6-8-11-16/h6-8,10-11,17-22,31H,3-5,9,12-15H2,1-2H3,(H,28,32)(H,29,33)/t17?,18-,19-,20+,21-,22?,26?/m1/s1. The van der Waals surface area contributed by atoms with Crippen LogP contribution in [0.1, 0.15) is 57.6 Å². The van der Waals surface area contributed by atoms with Crippen LogP contribution in [0, 0.1) is 11.8 Å². The summed E-state index contributed by atoms with van der Waals surface area (Å²) in [5, 5.41) is 16.4. The van der Waals surface area contributed by atoms with Gasteiger partial charge < -0.3 is 25.4 Å². The van der Waals surface area contributed by atoms with Crippen molar-refractivity contribution in [2.75, 3.05) is 19.7 Å². The molecule has 3 fully saturated rings. The van der Waals surface area contributed by atoms with E-state index in [9.17, 15) is 19.5 Å². The molecule has 7 atom stereocenters. The maximum absolute atomic E-state index is 14.1. The second kappa shape index (κ2) is 11.0. The predicted molar refractivity (Wildman–Crippen MR) is 135 cm³/mol. The lowest BCUT2D eigenvalue weighted by Gasteiger charge is -2.37. The van der Waals surface area contributed by atoms with Crippen molar-refractivity contribution in [3.8, 4) is 0 Å². The van der Waals surface area contributed by atoms with Gasteiger partial charge in [-0.2, -0.15) is 0 Å². The fourth-order valence-corrected chi connectivity index (χ4v) is 7.02. The minimum absolute atomic E-state index is 0.149. The molecule has 0 saturated carbocycles. The van der Waals surface area contributed by atoms with Gasteiger partial charge in [0.05, 0.1) is 30.6 Å². The molecule has 0 aliphatic carbocycles. The van der Waals surface area contributed by atoms with Crippen molar-refractivity contribution in [1.82, 2.24) is 15.5 Å². The molecule has 0 radical (unpaired) electrons. The number of nitrogens with zero attached hydrogens (tertiary/aromatic N) is 1. The Morgan fingerprint density at radius 2 is 1.86 bits per heavy atom. The van der Waals surface area contributed by atoms with Gasteiger partial charge in [0.2, 0.25) is 17.7 Å². The van der Waals surface area contributed by atoms with E-state index < -0.39 is 35.6 Å². The highest BCUT2D eigenvalue weighted by Gasteiger charge is 2.77. The minimum atomic E-state index is -1.12. The zero-order chi connectivity index (χ0) is 25.2. The van der Waals surface area contributed by atoms with Gasteiger partial charge in [-0.25, -0.2) is 0 Å². The van der Waals surface area contributed by atoms with Gasteiger partial charge >= 0.3 is 0 Å². The zero-order valence-electron chi connectivity index (χ0n) is 20.4. The van der Waals surface area contributed by atoms with E-state index in [0.717, 1.165) is 31.2 Å². The molecule has 3 aliphatic heterocycles. The highest BCUT2D eigenvalue weighted by atomic mass is 79.9. The number of aliphatic hydroxyl groups is 1. The number of amides is 3. The Hall–Kier alpha value is -1.97. The number of halogens is 1. The summed E-state index contributed by atoms with van der Waals surface area (Å²) in [7, 11) is 0. The SMILES string of the molecule is CCCCCNC(=O)C1N([C@H](CO)c2ccccc2)C(=O)[C@@H]2[C@@H](C(=O)NCCC)[C@@H]3OC12CC3Br. The van der Waals surface area contributed by atoms with Crippen LogP contribution in [0.15, 0.2) is 30.3 Å². The van der Waals surface area contributed by atoms with Crippen LogP contribution in [0.5, 0.6) is 0 Å². The molecule has 192 valence electrons. The van der Waals surface area contributed by atoms with Gasteiger partial charge in [0.15, 0.2) is 0 Å². The number of benzene rings is 1. The summed E-state index contributed by atoms with van der Waals surface area (Å²) >= 11 is 3.68. The van der Waals surface area contributed by atoms with Gasteiger partial charge in [-0.05, 0) is 24.8 Å². The van der Waals surface area contributed by atoms with Gasteiger partial charge in [0.1, 0.15) is 11.6 Å². The first-order chi connectivity index (χ1) is 16.9. The van der Waals surface area contributed by atoms with Crippen LogP contribution in [-0.4, -0.2) is 70.0 Å². The van der Waals surface area contributed by atoms with Gasteiger partial charge in [-0.15, -0.1) is 0 Å². The molecular formula is C26H36BrN3O5. The Morgan fingerprint density at radius 3 is 2.51 bits per heavy atom. The summed E-state index contributed by atoms with van der Waals surface area (Å²) in [5.41, 5.74) is -0.387. The summed E-state index contributed by atoms with van der Waals surface area (Å²) in [6, 6.07) is 7.58. The second-order valence-corrected chi connectivity index (χ2v) is 11.0. The summed E-state index contributed by atoms with van der Waals surface area (Å²) in [6.07, 6.45) is 3.60. The number of hydrogen-bond acceptors (Lipinski definition) is 5. The van der Waals surface area contributed by atoms with Crippen LogP contribution < -0.4 is 10.6 Å². The molecule has 3 amide bonds. The molecule has 1 aromatic rings. The summed E-state index contributed by atoms with van der Waals surface area (Å²) in [6.45, 7) is 4.74. The Morgan fingerprint density at radius 1 is 1.14 bits per heavy atom. The van der Waals surface area contributed by atoms with Crippen LogP contribution in [0.25, 0.3) is 0 Å². The van der Waals surface area contributed by atoms with Crippen molar-refractivity contribution in [3.05, 3.63) is 35.9 Å². The van der Waals surface area contributed by atoms with Crippen LogP contribution in [0.4, 0.5) is 0 Å². The lowest BCUT2D eigenvalue weighted by Crippen LogP contribution is -2.56. The smallest absolute Gasteiger partial charge is 0.245 e. The van der Waals surface area contributed by atoms with Crippen molar-refractivity contribution in [1.29, 1.82) is 0 Å². The third-order valence-corrected chi connectivity index (χ3v) is 8.44. The number of aliphatic hydroxyl groups excluding tert-OH is 1. The van der Waals surface area contributed by atoms with Crippen molar-refractivity contribution >= 4 is 33.7 Å². The lowest BCUT2D eigenvalue weighted by molar-refractivity contribution is -0.145. The summed E-state index contributed by atoms with van der Waals surface area (Å²) in [5.74, 6) is -2.28. The van der Waals surface area contributed by atoms with E-state index in [-0.39, 0.29) is 29.2 Å². The number of likely N-dealkylation sites (tertiary alicyclic amines) is 1. The normalized spacial score (nSPS) is 31.9. The number of ether oxygens (including phenoxy) is 1. The first-order valence-corrected chi connectivity index (χ1v) is 13.7. The quantitative estimate of drug-likeness (QED) is 0.290. The Labute approximate surface area is 215 Å². The molecule has 3 heterocycles. The number of fused-ring (bicyclic) bond motifs is 1. The topological polar surface area (TPSA) is 108 Å². The predicted octanol–water partition coefficient (Wildman–Crippen LogP) is 2.30. The number of nitrogens with one attached hydrogen (secondary N) is 2. The number of unbranched alkanes of at least 4 members (excludes halogenated alkanes) is 2. The lowest BCUT2D eigenvalue weighted by atomic mass is 9.70. The monoisotopic (exact) mass is 549 g/mol. The van der Waals surface area contributed by atoms with Crippen molar-refractivity contribution in [2.45, 2.75) is 74.6 Å². The van der Waals surface area contributed by atoms with E-state index >= 15 is 0 Å². The van der Waals surface area contributed by atoms with E-state index in [1.807, 2.05) is 37.3 Å². The molecular weight excluding hydrogens is 514 g/mol. The largest absolute Gasteiger partial charge is 0.394 e. The van der Waals surface area contributed by atoms with Crippen LogP contribution >= 0.6 is 15.9 Å².